The van der Waals surface area contributed by atoms with E-state index in [1.54, 1.807) is 12.4 Å². The summed E-state index contributed by atoms with van der Waals surface area (Å²) in [7, 11) is 0. The number of hydrogen-bond donors (Lipinski definition) is 1. The predicted octanol–water partition coefficient (Wildman–Crippen LogP) is 2.46. The third-order valence-corrected chi connectivity index (χ3v) is 2.31. The fraction of sp³-hybridized carbons (Fsp3) is 0.231. The van der Waals surface area contributed by atoms with Crippen LogP contribution >= 0.6 is 12.4 Å². The molecule has 3 nitrogen and oxygen atoms in total. The first-order valence-electron chi connectivity index (χ1n) is 5.37. The van der Waals surface area contributed by atoms with Crippen LogP contribution in [-0.2, 0) is 6.42 Å². The lowest BCUT2D eigenvalue weighted by molar-refractivity contribution is 0.738. The van der Waals surface area contributed by atoms with Gasteiger partial charge in [0.15, 0.2) is 5.82 Å². The van der Waals surface area contributed by atoms with Crippen LogP contribution in [0, 0.1) is 0 Å². The Hall–Kier alpha value is -1.45. The van der Waals surface area contributed by atoms with Crippen LogP contribution in [0.3, 0.4) is 0 Å². The predicted molar refractivity (Wildman–Crippen MR) is 72.1 cm³/mol. The van der Waals surface area contributed by atoms with Gasteiger partial charge >= 0.3 is 0 Å². The molecule has 0 aliphatic carbocycles. The number of nitrogens with zero attached hydrogens (tertiary/aromatic N) is 2. The zero-order valence-electron chi connectivity index (χ0n) is 9.71. The number of rotatable bonds is 3. The Bertz CT molecular complexity index is 457. The van der Waals surface area contributed by atoms with Gasteiger partial charge in [-0.25, -0.2) is 9.97 Å². The summed E-state index contributed by atoms with van der Waals surface area (Å²) in [5, 5.41) is 0. The first kappa shape index (κ1) is 13.6. The van der Waals surface area contributed by atoms with Crippen LogP contribution in [0.15, 0.2) is 42.7 Å². The molecule has 4 heteroatoms. The molecule has 1 aromatic heterocycles. The first-order chi connectivity index (χ1) is 7.75. The fourth-order valence-electron chi connectivity index (χ4n) is 1.66. The van der Waals surface area contributed by atoms with Gasteiger partial charge < -0.3 is 5.73 Å². The van der Waals surface area contributed by atoms with E-state index in [1.807, 2.05) is 25.1 Å². The highest BCUT2D eigenvalue weighted by Gasteiger charge is 2.02. The quantitative estimate of drug-likeness (QED) is 0.909. The van der Waals surface area contributed by atoms with E-state index in [0.717, 1.165) is 17.8 Å². The van der Waals surface area contributed by atoms with Gasteiger partial charge in [-0.1, -0.05) is 18.2 Å². The monoisotopic (exact) mass is 249 g/mol. The van der Waals surface area contributed by atoms with Crippen molar-refractivity contribution in [2.24, 2.45) is 5.73 Å². The molecule has 0 saturated carbocycles. The van der Waals surface area contributed by atoms with Gasteiger partial charge in [0.05, 0.1) is 0 Å². The molecule has 1 atom stereocenters. The average molecular weight is 250 g/mol. The molecule has 2 N–H and O–H groups in total. The van der Waals surface area contributed by atoms with Crippen molar-refractivity contribution in [1.82, 2.24) is 9.97 Å². The minimum Gasteiger partial charge on any atom is -0.328 e. The molecule has 2 rings (SSSR count). The van der Waals surface area contributed by atoms with Crippen molar-refractivity contribution in [2.45, 2.75) is 19.4 Å². The van der Waals surface area contributed by atoms with Crippen LogP contribution in [0.2, 0.25) is 0 Å². The Balaban J connectivity index is 0.00000144. The molecule has 1 unspecified atom stereocenters. The molecular formula is C13H16ClN3. The van der Waals surface area contributed by atoms with Crippen molar-refractivity contribution in [3.8, 4) is 11.4 Å². The third-order valence-electron chi connectivity index (χ3n) is 2.31. The average Bonchev–Trinajstić information content (AvgIpc) is 2.30. The van der Waals surface area contributed by atoms with Gasteiger partial charge in [-0.2, -0.15) is 0 Å². The van der Waals surface area contributed by atoms with E-state index in [1.165, 1.54) is 5.56 Å². The lowest BCUT2D eigenvalue weighted by Gasteiger charge is -2.06. The van der Waals surface area contributed by atoms with Crippen molar-refractivity contribution in [3.05, 3.63) is 48.3 Å². The maximum Gasteiger partial charge on any atom is 0.159 e. The smallest absolute Gasteiger partial charge is 0.159 e. The minimum atomic E-state index is 0. The van der Waals surface area contributed by atoms with Gasteiger partial charge in [0, 0.05) is 24.0 Å². The minimum absolute atomic E-state index is 0. The van der Waals surface area contributed by atoms with E-state index in [0.29, 0.717) is 0 Å². The highest BCUT2D eigenvalue weighted by molar-refractivity contribution is 5.85. The Labute approximate surface area is 108 Å². The number of benzene rings is 1. The van der Waals surface area contributed by atoms with E-state index in [4.69, 9.17) is 5.73 Å². The summed E-state index contributed by atoms with van der Waals surface area (Å²) < 4.78 is 0. The Morgan fingerprint density at radius 1 is 1.18 bits per heavy atom. The van der Waals surface area contributed by atoms with Crippen LogP contribution in [0.5, 0.6) is 0 Å². The molecular weight excluding hydrogens is 234 g/mol. The zero-order valence-corrected chi connectivity index (χ0v) is 10.5. The molecule has 0 bridgehead atoms. The molecule has 1 aromatic carbocycles. The summed E-state index contributed by atoms with van der Waals surface area (Å²) in [5.41, 5.74) is 8.04. The fourth-order valence-corrected chi connectivity index (χ4v) is 1.66. The maximum absolute atomic E-state index is 5.78. The molecule has 0 fully saturated rings. The van der Waals surface area contributed by atoms with Gasteiger partial charge in [-0.05, 0) is 31.0 Å². The molecule has 0 aliphatic heterocycles. The standard InChI is InChI=1S/C13H15N3.ClH/c1-10(14)8-11-4-2-5-12(9-11)13-15-6-3-7-16-13;/h2-7,9-10H,8,14H2,1H3;1H. The second kappa shape index (κ2) is 6.33. The van der Waals surface area contributed by atoms with E-state index in [-0.39, 0.29) is 18.4 Å². The Morgan fingerprint density at radius 3 is 2.53 bits per heavy atom. The number of aromatic nitrogens is 2. The van der Waals surface area contributed by atoms with Crippen LogP contribution in [0.4, 0.5) is 0 Å². The van der Waals surface area contributed by atoms with Gasteiger partial charge in [0.25, 0.3) is 0 Å². The van der Waals surface area contributed by atoms with Crippen LogP contribution in [0.25, 0.3) is 11.4 Å². The van der Waals surface area contributed by atoms with Crippen LogP contribution in [0.1, 0.15) is 12.5 Å². The number of hydrogen-bond acceptors (Lipinski definition) is 3. The van der Waals surface area contributed by atoms with Gasteiger partial charge in [0.2, 0.25) is 0 Å². The van der Waals surface area contributed by atoms with E-state index >= 15 is 0 Å². The second-order valence-corrected chi connectivity index (χ2v) is 3.95. The summed E-state index contributed by atoms with van der Waals surface area (Å²) >= 11 is 0. The molecule has 17 heavy (non-hydrogen) atoms. The van der Waals surface area contributed by atoms with E-state index in [9.17, 15) is 0 Å². The summed E-state index contributed by atoms with van der Waals surface area (Å²) in [5.74, 6) is 0.758. The van der Waals surface area contributed by atoms with Crippen LogP contribution < -0.4 is 5.73 Å². The van der Waals surface area contributed by atoms with Crippen molar-refractivity contribution in [3.63, 3.8) is 0 Å². The highest BCUT2D eigenvalue weighted by atomic mass is 35.5. The zero-order chi connectivity index (χ0) is 11.4. The number of halogens is 1. The first-order valence-corrected chi connectivity index (χ1v) is 5.37. The van der Waals surface area contributed by atoms with Gasteiger partial charge in [-0.15, -0.1) is 12.4 Å². The summed E-state index contributed by atoms with van der Waals surface area (Å²) in [6.45, 7) is 2.01. The summed E-state index contributed by atoms with van der Waals surface area (Å²) in [6.07, 6.45) is 4.38. The number of nitrogens with two attached hydrogens (primary N) is 1. The second-order valence-electron chi connectivity index (χ2n) is 3.95. The summed E-state index contributed by atoms with van der Waals surface area (Å²) in [4.78, 5) is 8.45. The van der Waals surface area contributed by atoms with Crippen molar-refractivity contribution < 1.29 is 0 Å². The normalized spacial score (nSPS) is 11.6. The van der Waals surface area contributed by atoms with E-state index in [2.05, 4.69) is 22.1 Å². The lowest BCUT2D eigenvalue weighted by atomic mass is 10.0. The largest absolute Gasteiger partial charge is 0.328 e. The van der Waals surface area contributed by atoms with Crippen LogP contribution in [-0.4, -0.2) is 16.0 Å². The molecule has 90 valence electrons. The molecule has 0 radical (unpaired) electrons. The van der Waals surface area contributed by atoms with E-state index < -0.39 is 0 Å². The lowest BCUT2D eigenvalue weighted by Crippen LogP contribution is -2.17. The summed E-state index contributed by atoms with van der Waals surface area (Å²) in [6, 6.07) is 10.2. The van der Waals surface area contributed by atoms with Gasteiger partial charge in [0.1, 0.15) is 0 Å². The van der Waals surface area contributed by atoms with Crippen molar-refractivity contribution in [1.29, 1.82) is 0 Å². The molecule has 0 spiro atoms. The Kier molecular flexibility index (Phi) is 5.07. The maximum atomic E-state index is 5.78. The van der Waals surface area contributed by atoms with Crippen molar-refractivity contribution in [2.75, 3.05) is 0 Å². The molecule has 1 heterocycles. The SMILES string of the molecule is CC(N)Cc1cccc(-c2ncccn2)c1.Cl. The topological polar surface area (TPSA) is 51.8 Å². The third kappa shape index (κ3) is 3.80. The van der Waals surface area contributed by atoms with Gasteiger partial charge in [-0.3, -0.25) is 0 Å². The van der Waals surface area contributed by atoms with Crippen molar-refractivity contribution >= 4 is 12.4 Å². The molecule has 0 saturated heterocycles. The Morgan fingerprint density at radius 2 is 1.88 bits per heavy atom. The molecule has 0 amide bonds. The molecule has 2 aromatic rings. The molecule has 0 aliphatic rings. The highest BCUT2D eigenvalue weighted by Crippen LogP contribution is 2.16.